The number of rotatable bonds is 5. The summed E-state index contributed by atoms with van der Waals surface area (Å²) in [5.41, 5.74) is -2.93. The third kappa shape index (κ3) is 5.39. The summed E-state index contributed by atoms with van der Waals surface area (Å²) in [6.45, 7) is 0. The van der Waals surface area contributed by atoms with Gasteiger partial charge in [-0.25, -0.2) is 13.1 Å². The molecule has 1 aromatic carbocycles. The number of hydrogen-bond acceptors (Lipinski definition) is 6. The van der Waals surface area contributed by atoms with Gasteiger partial charge < -0.3 is 4.74 Å². The molecule has 0 radical (unpaired) electrons. The van der Waals surface area contributed by atoms with Crippen LogP contribution >= 0.6 is 23.2 Å². The summed E-state index contributed by atoms with van der Waals surface area (Å²) in [5.74, 6) is -0.946. The molecule has 31 heavy (non-hydrogen) atoms. The highest BCUT2D eigenvalue weighted by Gasteiger charge is 2.40. The SMILES string of the molecule is COC=Nc1c(S(=O)(=O)NC(F)(F)F)c(C#N)nn1-c1c(Cl)cc(C(F)(F)F)cc1Cl. The normalized spacial score (nSPS) is 12.9. The van der Waals surface area contributed by atoms with Crippen LogP contribution in [0.2, 0.25) is 10.0 Å². The zero-order valence-electron chi connectivity index (χ0n) is 14.7. The lowest BCUT2D eigenvalue weighted by Gasteiger charge is -2.13. The van der Waals surface area contributed by atoms with Crippen LogP contribution in [-0.2, 0) is 20.9 Å². The van der Waals surface area contributed by atoms with Crippen molar-refractivity contribution in [3.8, 4) is 11.8 Å². The van der Waals surface area contributed by atoms with Gasteiger partial charge in [0.15, 0.2) is 22.8 Å². The Balaban J connectivity index is 2.90. The molecular weight excluding hydrogens is 503 g/mol. The van der Waals surface area contributed by atoms with Crippen molar-refractivity contribution in [1.29, 1.82) is 5.26 Å². The Labute approximate surface area is 179 Å². The molecule has 1 heterocycles. The summed E-state index contributed by atoms with van der Waals surface area (Å²) >= 11 is 11.7. The first-order chi connectivity index (χ1) is 14.1. The number of alkyl halides is 6. The fourth-order valence-electron chi connectivity index (χ4n) is 2.22. The number of benzene rings is 1. The smallest absolute Gasteiger partial charge is 0.470 e. The van der Waals surface area contributed by atoms with Crippen LogP contribution in [0.5, 0.6) is 0 Å². The minimum absolute atomic E-state index is 0.365. The first-order valence-electron chi connectivity index (χ1n) is 7.38. The summed E-state index contributed by atoms with van der Waals surface area (Å²) in [6.07, 6.45) is -9.71. The molecule has 0 saturated heterocycles. The van der Waals surface area contributed by atoms with E-state index in [4.69, 9.17) is 23.2 Å². The molecule has 2 aromatic rings. The highest BCUT2D eigenvalue weighted by atomic mass is 35.5. The lowest BCUT2D eigenvalue weighted by Crippen LogP contribution is -2.37. The average Bonchev–Trinajstić information content (AvgIpc) is 2.95. The number of aromatic nitrogens is 2. The number of nitriles is 1. The van der Waals surface area contributed by atoms with E-state index in [0.717, 1.165) is 7.11 Å². The van der Waals surface area contributed by atoms with Gasteiger partial charge in [-0.3, -0.25) is 0 Å². The van der Waals surface area contributed by atoms with E-state index in [2.05, 4.69) is 14.8 Å². The molecule has 168 valence electrons. The average molecular weight is 510 g/mol. The van der Waals surface area contributed by atoms with E-state index < -0.39 is 60.2 Å². The van der Waals surface area contributed by atoms with Crippen LogP contribution in [-0.4, -0.2) is 38.0 Å². The maximum absolute atomic E-state index is 12.9. The summed E-state index contributed by atoms with van der Waals surface area (Å²) in [5, 5.41) is 11.3. The Morgan fingerprint density at radius 3 is 2.19 bits per heavy atom. The molecule has 1 aromatic heterocycles. The molecule has 17 heteroatoms. The molecular formula is C14H7Cl2F6N5O3S. The van der Waals surface area contributed by atoms with Crippen molar-refractivity contribution in [2.75, 3.05) is 7.11 Å². The fraction of sp³-hybridized carbons (Fsp3) is 0.214. The molecule has 0 saturated carbocycles. The third-order valence-electron chi connectivity index (χ3n) is 3.28. The van der Waals surface area contributed by atoms with Gasteiger partial charge in [0, 0.05) is 0 Å². The highest BCUT2D eigenvalue weighted by Crippen LogP contribution is 2.40. The number of ether oxygens (including phenoxy) is 1. The van der Waals surface area contributed by atoms with Crippen molar-refractivity contribution in [2.45, 2.75) is 17.4 Å². The lowest BCUT2D eigenvalue weighted by atomic mass is 10.2. The van der Waals surface area contributed by atoms with E-state index in [-0.39, 0.29) is 0 Å². The van der Waals surface area contributed by atoms with Crippen molar-refractivity contribution >= 4 is 45.4 Å². The molecule has 0 unspecified atom stereocenters. The Morgan fingerprint density at radius 1 is 1.23 bits per heavy atom. The molecule has 0 bridgehead atoms. The standard InChI is InChI=1S/C14H7Cl2F6N5O3S/c1-30-5-24-12-11(31(28,29)26-14(20,21)22)9(4-23)25-27(12)10-7(15)2-6(3-8(10)16)13(17,18)19/h2-3,5,26H,1H3. The van der Waals surface area contributed by atoms with Gasteiger partial charge in [0.1, 0.15) is 11.8 Å². The predicted molar refractivity (Wildman–Crippen MR) is 94.8 cm³/mol. The van der Waals surface area contributed by atoms with Gasteiger partial charge >= 0.3 is 12.5 Å². The molecule has 0 amide bonds. The second-order valence-corrected chi connectivity index (χ2v) is 7.82. The van der Waals surface area contributed by atoms with Crippen LogP contribution in [0.15, 0.2) is 22.0 Å². The second-order valence-electron chi connectivity index (χ2n) is 5.38. The van der Waals surface area contributed by atoms with Crippen LogP contribution in [0.1, 0.15) is 11.3 Å². The molecule has 8 nitrogen and oxygen atoms in total. The van der Waals surface area contributed by atoms with Gasteiger partial charge in [0.2, 0.25) is 0 Å². The van der Waals surface area contributed by atoms with Crippen molar-refractivity contribution in [1.82, 2.24) is 14.5 Å². The number of nitrogens with zero attached hydrogens (tertiary/aromatic N) is 4. The summed E-state index contributed by atoms with van der Waals surface area (Å²) in [4.78, 5) is 2.16. The van der Waals surface area contributed by atoms with Gasteiger partial charge in [0.05, 0.1) is 22.7 Å². The van der Waals surface area contributed by atoms with Crippen molar-refractivity contribution < 1.29 is 39.5 Å². The Bertz CT molecular complexity index is 1160. The Hall–Kier alpha value is -2.54. The van der Waals surface area contributed by atoms with Crippen LogP contribution < -0.4 is 4.72 Å². The van der Waals surface area contributed by atoms with E-state index in [9.17, 15) is 40.0 Å². The molecule has 0 aliphatic heterocycles. The van der Waals surface area contributed by atoms with Gasteiger partial charge in [0.25, 0.3) is 10.0 Å². The number of hydrogen-bond donors (Lipinski definition) is 1. The number of aliphatic imine (C=N–C) groups is 1. The van der Waals surface area contributed by atoms with Crippen LogP contribution in [0, 0.1) is 11.3 Å². The van der Waals surface area contributed by atoms with Gasteiger partial charge in [-0.2, -0.15) is 41.7 Å². The molecule has 0 fully saturated rings. The summed E-state index contributed by atoms with van der Waals surface area (Å²) in [6, 6.07) is 2.11. The third-order valence-corrected chi connectivity index (χ3v) is 5.27. The quantitative estimate of drug-likeness (QED) is 0.281. The van der Waals surface area contributed by atoms with Crippen LogP contribution in [0.3, 0.4) is 0 Å². The van der Waals surface area contributed by atoms with Gasteiger partial charge in [-0.05, 0) is 12.1 Å². The maximum Gasteiger partial charge on any atom is 0.470 e. The zero-order chi connectivity index (χ0) is 23.8. The topological polar surface area (TPSA) is 109 Å². The Kier molecular flexibility index (Phi) is 6.81. The van der Waals surface area contributed by atoms with Crippen LogP contribution in [0.4, 0.5) is 32.2 Å². The number of halogens is 8. The van der Waals surface area contributed by atoms with E-state index in [1.54, 1.807) is 0 Å². The monoisotopic (exact) mass is 509 g/mol. The van der Waals surface area contributed by atoms with E-state index in [1.807, 2.05) is 0 Å². The summed E-state index contributed by atoms with van der Waals surface area (Å²) < 4.78 is 107. The predicted octanol–water partition coefficient (Wildman–Crippen LogP) is 4.17. The van der Waals surface area contributed by atoms with Crippen molar-refractivity contribution in [3.05, 3.63) is 33.4 Å². The molecule has 2 rings (SSSR count). The lowest BCUT2D eigenvalue weighted by molar-refractivity contribution is -0.138. The maximum atomic E-state index is 12.9. The minimum Gasteiger partial charge on any atom is -0.486 e. The molecule has 1 N–H and O–H groups in total. The molecule has 0 spiro atoms. The largest absolute Gasteiger partial charge is 0.486 e. The fourth-order valence-corrected chi connectivity index (χ4v) is 4.00. The first-order valence-corrected chi connectivity index (χ1v) is 9.62. The van der Waals surface area contributed by atoms with Crippen LogP contribution in [0.25, 0.3) is 5.69 Å². The zero-order valence-corrected chi connectivity index (χ0v) is 17.0. The molecule has 0 aliphatic carbocycles. The second kappa shape index (κ2) is 8.54. The highest BCUT2D eigenvalue weighted by molar-refractivity contribution is 7.89. The van der Waals surface area contributed by atoms with E-state index in [0.29, 0.717) is 27.9 Å². The van der Waals surface area contributed by atoms with Crippen molar-refractivity contribution in [2.24, 2.45) is 4.99 Å². The summed E-state index contributed by atoms with van der Waals surface area (Å²) in [7, 11) is -4.43. The van der Waals surface area contributed by atoms with Crippen molar-refractivity contribution in [3.63, 3.8) is 0 Å². The minimum atomic E-state index is -5.48. The Morgan fingerprint density at radius 2 is 1.77 bits per heavy atom. The van der Waals surface area contributed by atoms with Gasteiger partial charge in [-0.1, -0.05) is 23.2 Å². The number of methoxy groups -OCH3 is 1. The number of nitrogens with one attached hydrogen (secondary N) is 1. The molecule has 0 aliphatic rings. The first kappa shape index (κ1) is 24.7. The number of sulfonamides is 1. The molecule has 0 atom stereocenters. The van der Waals surface area contributed by atoms with Gasteiger partial charge in [-0.15, -0.1) is 4.72 Å². The van der Waals surface area contributed by atoms with E-state index >= 15 is 0 Å². The van der Waals surface area contributed by atoms with E-state index in [1.165, 1.54) is 6.07 Å².